The summed E-state index contributed by atoms with van der Waals surface area (Å²) < 4.78 is 2.18. The molecule has 2 aromatic heterocycles. The quantitative estimate of drug-likeness (QED) is 0.234. The fraction of sp³-hybridized carbons (Fsp3) is 0.0270. The molecule has 4 nitrogen and oxygen atoms in total. The minimum absolute atomic E-state index is 0.917. The number of nitrogens with zero attached hydrogens (tertiary/aromatic N) is 3. The lowest BCUT2D eigenvalue weighted by molar-refractivity contribution is 0.960. The molecule has 0 aliphatic heterocycles. The van der Waals surface area contributed by atoms with E-state index >= 15 is 0 Å². The number of aryl methyl sites for hydroxylation is 1. The predicted molar refractivity (Wildman–Crippen MR) is 170 cm³/mol. The van der Waals surface area contributed by atoms with Gasteiger partial charge in [0.15, 0.2) is 0 Å². The number of imidazole rings is 1. The van der Waals surface area contributed by atoms with E-state index < -0.39 is 0 Å². The molecular formula is C37H28N4. The highest BCUT2D eigenvalue weighted by Gasteiger charge is 2.17. The van der Waals surface area contributed by atoms with Gasteiger partial charge in [0, 0.05) is 41.3 Å². The summed E-state index contributed by atoms with van der Waals surface area (Å²) in [4.78, 5) is 9.93. The summed E-state index contributed by atoms with van der Waals surface area (Å²) in [5, 5.41) is 3.57. The molecule has 0 bridgehead atoms. The maximum Gasteiger partial charge on any atom is 0.142 e. The van der Waals surface area contributed by atoms with Crippen molar-refractivity contribution < 1.29 is 0 Å². The van der Waals surface area contributed by atoms with Crippen molar-refractivity contribution in [3.05, 3.63) is 146 Å². The highest BCUT2D eigenvalue weighted by Crippen LogP contribution is 2.36. The lowest BCUT2D eigenvalue weighted by Crippen LogP contribution is -1.97. The van der Waals surface area contributed by atoms with Crippen molar-refractivity contribution in [2.75, 3.05) is 5.32 Å². The van der Waals surface area contributed by atoms with E-state index in [1.54, 1.807) is 0 Å². The van der Waals surface area contributed by atoms with Gasteiger partial charge in [0.05, 0.1) is 16.7 Å². The smallest absolute Gasteiger partial charge is 0.142 e. The van der Waals surface area contributed by atoms with Crippen molar-refractivity contribution in [1.82, 2.24) is 14.5 Å². The molecule has 7 aromatic rings. The van der Waals surface area contributed by atoms with E-state index in [1.165, 1.54) is 5.56 Å². The molecule has 0 amide bonds. The largest absolute Gasteiger partial charge is 0.355 e. The number of aromatic nitrogens is 3. The minimum atomic E-state index is 0.917. The second kappa shape index (κ2) is 10.6. The zero-order chi connectivity index (χ0) is 27.6. The summed E-state index contributed by atoms with van der Waals surface area (Å²) in [6.07, 6.45) is 1.89. The van der Waals surface area contributed by atoms with Gasteiger partial charge in [-0.25, -0.2) is 4.98 Å². The Morgan fingerprint density at radius 1 is 0.561 bits per heavy atom. The molecule has 7 rings (SSSR count). The van der Waals surface area contributed by atoms with Gasteiger partial charge in [0.2, 0.25) is 0 Å². The first kappa shape index (κ1) is 24.6. The van der Waals surface area contributed by atoms with Crippen molar-refractivity contribution in [3.63, 3.8) is 0 Å². The van der Waals surface area contributed by atoms with Gasteiger partial charge in [-0.3, -0.25) is 4.98 Å². The van der Waals surface area contributed by atoms with Crippen LogP contribution >= 0.6 is 0 Å². The van der Waals surface area contributed by atoms with E-state index in [0.717, 1.165) is 61.7 Å². The summed E-state index contributed by atoms with van der Waals surface area (Å²) >= 11 is 0. The molecule has 0 saturated carbocycles. The topological polar surface area (TPSA) is 42.7 Å². The Labute approximate surface area is 239 Å². The average Bonchev–Trinajstić information content (AvgIpc) is 3.38. The summed E-state index contributed by atoms with van der Waals surface area (Å²) in [6.45, 7) is 0. The van der Waals surface area contributed by atoms with Crippen LogP contribution in [-0.2, 0) is 7.05 Å². The Bertz CT molecular complexity index is 1970. The second-order valence-corrected chi connectivity index (χ2v) is 10.1. The van der Waals surface area contributed by atoms with Gasteiger partial charge >= 0.3 is 0 Å². The van der Waals surface area contributed by atoms with Crippen LogP contribution in [0.4, 0.5) is 11.4 Å². The summed E-state index contributed by atoms with van der Waals surface area (Å²) in [6, 6.07) is 48.2. The van der Waals surface area contributed by atoms with Gasteiger partial charge in [0.25, 0.3) is 0 Å². The van der Waals surface area contributed by atoms with Gasteiger partial charge in [-0.1, -0.05) is 91.0 Å². The molecule has 0 saturated heterocycles. The van der Waals surface area contributed by atoms with Crippen molar-refractivity contribution in [3.8, 4) is 44.9 Å². The number of fused-ring (bicyclic) bond motifs is 1. The minimum Gasteiger partial charge on any atom is -0.355 e. The molecule has 0 radical (unpaired) electrons. The number of pyridine rings is 1. The van der Waals surface area contributed by atoms with Gasteiger partial charge in [-0.05, 0) is 65.2 Å². The third-order valence-electron chi connectivity index (χ3n) is 7.47. The van der Waals surface area contributed by atoms with Crippen molar-refractivity contribution in [1.29, 1.82) is 0 Å². The van der Waals surface area contributed by atoms with E-state index in [4.69, 9.17) is 9.97 Å². The van der Waals surface area contributed by atoms with Crippen LogP contribution in [0.2, 0.25) is 0 Å². The van der Waals surface area contributed by atoms with Gasteiger partial charge in [0.1, 0.15) is 5.82 Å². The number of nitrogens with one attached hydrogen (secondary N) is 1. The number of para-hydroxylation sites is 3. The van der Waals surface area contributed by atoms with E-state index in [2.05, 4.69) is 132 Å². The first-order valence-electron chi connectivity index (χ1n) is 13.7. The third-order valence-corrected chi connectivity index (χ3v) is 7.47. The Morgan fingerprint density at radius 2 is 1.24 bits per heavy atom. The van der Waals surface area contributed by atoms with Gasteiger partial charge < -0.3 is 9.88 Å². The van der Waals surface area contributed by atoms with Crippen molar-refractivity contribution in [2.45, 2.75) is 0 Å². The fourth-order valence-electron chi connectivity index (χ4n) is 5.40. The highest BCUT2D eigenvalue weighted by atomic mass is 15.1. The van der Waals surface area contributed by atoms with E-state index in [9.17, 15) is 0 Å². The Hall–Kier alpha value is -5.48. The molecule has 2 heterocycles. The van der Waals surface area contributed by atoms with Crippen LogP contribution in [0.5, 0.6) is 0 Å². The molecule has 41 heavy (non-hydrogen) atoms. The zero-order valence-electron chi connectivity index (χ0n) is 22.7. The van der Waals surface area contributed by atoms with Crippen molar-refractivity contribution >= 4 is 22.4 Å². The Balaban J connectivity index is 1.30. The molecule has 0 atom stereocenters. The number of anilines is 2. The molecule has 0 aliphatic rings. The van der Waals surface area contributed by atoms with Crippen LogP contribution in [0.3, 0.4) is 0 Å². The van der Waals surface area contributed by atoms with Gasteiger partial charge in [-0.2, -0.15) is 0 Å². The number of benzene rings is 5. The normalized spacial score (nSPS) is 11.0. The lowest BCUT2D eigenvalue weighted by Gasteiger charge is -2.12. The standard InChI is InChI=1S/C37H28N4/c1-41-35-21-11-19-31(36(35)40-37(41)32-18-8-9-20-33(32)39-30-16-6-3-7-17-30)28-14-10-15-29(24-28)34-25-27(22-23-38-34)26-12-4-2-5-13-26/h2-25,39H,1H3. The highest BCUT2D eigenvalue weighted by molar-refractivity contribution is 5.96. The Morgan fingerprint density at radius 3 is 2.10 bits per heavy atom. The average molecular weight is 529 g/mol. The van der Waals surface area contributed by atoms with E-state index in [0.29, 0.717) is 0 Å². The van der Waals surface area contributed by atoms with Crippen LogP contribution in [0, 0.1) is 0 Å². The zero-order valence-corrected chi connectivity index (χ0v) is 22.7. The molecular weight excluding hydrogens is 500 g/mol. The first-order valence-corrected chi connectivity index (χ1v) is 13.7. The maximum atomic E-state index is 5.22. The second-order valence-electron chi connectivity index (χ2n) is 10.1. The van der Waals surface area contributed by atoms with E-state index in [1.807, 2.05) is 30.5 Å². The summed E-state index contributed by atoms with van der Waals surface area (Å²) in [5.41, 5.74) is 11.7. The molecule has 0 unspecified atom stereocenters. The molecule has 0 aliphatic carbocycles. The fourth-order valence-corrected chi connectivity index (χ4v) is 5.40. The lowest BCUT2D eigenvalue weighted by atomic mass is 9.99. The molecule has 0 spiro atoms. The van der Waals surface area contributed by atoms with Crippen LogP contribution in [0.25, 0.3) is 55.9 Å². The third kappa shape index (κ3) is 4.77. The van der Waals surface area contributed by atoms with Crippen LogP contribution in [-0.4, -0.2) is 14.5 Å². The van der Waals surface area contributed by atoms with E-state index in [-0.39, 0.29) is 0 Å². The van der Waals surface area contributed by atoms with Crippen LogP contribution < -0.4 is 5.32 Å². The molecule has 1 N–H and O–H groups in total. The van der Waals surface area contributed by atoms with Gasteiger partial charge in [-0.15, -0.1) is 0 Å². The first-order chi connectivity index (χ1) is 20.2. The Kier molecular flexibility index (Phi) is 6.34. The molecule has 196 valence electrons. The maximum absolute atomic E-state index is 5.22. The summed E-state index contributed by atoms with van der Waals surface area (Å²) in [7, 11) is 2.09. The van der Waals surface area contributed by atoms with Crippen LogP contribution in [0.1, 0.15) is 0 Å². The molecule has 5 aromatic carbocycles. The number of hydrogen-bond donors (Lipinski definition) is 1. The number of hydrogen-bond acceptors (Lipinski definition) is 3. The predicted octanol–water partition coefficient (Wildman–Crippen LogP) is 9.38. The monoisotopic (exact) mass is 528 g/mol. The molecule has 0 fully saturated rings. The SMILES string of the molecule is Cn1c(-c2ccccc2Nc2ccccc2)nc2c(-c3cccc(-c4cc(-c5ccccc5)ccn4)c3)cccc21. The number of rotatable bonds is 6. The molecule has 4 heteroatoms. The summed E-state index contributed by atoms with van der Waals surface area (Å²) in [5.74, 6) is 0.917. The van der Waals surface area contributed by atoms with Crippen molar-refractivity contribution in [2.24, 2.45) is 7.05 Å². The van der Waals surface area contributed by atoms with Crippen LogP contribution in [0.15, 0.2) is 146 Å².